The molecular weight excluding hydrogens is 314 g/mol. The first-order chi connectivity index (χ1) is 12.2. The fraction of sp³-hybridized carbons (Fsp3) is 0.526. The van der Waals surface area contributed by atoms with E-state index in [2.05, 4.69) is 40.1 Å². The molecule has 0 saturated carbocycles. The first-order valence-corrected chi connectivity index (χ1v) is 9.21. The van der Waals surface area contributed by atoms with Gasteiger partial charge in [0, 0.05) is 18.3 Å². The number of nitrogens with zero attached hydrogens (tertiary/aromatic N) is 5. The number of fused-ring (bicyclic) bond motifs is 1. The zero-order valence-corrected chi connectivity index (χ0v) is 14.7. The largest absolute Gasteiger partial charge is 0.310 e. The highest BCUT2D eigenvalue weighted by molar-refractivity contribution is 5.98. The molecule has 6 nitrogen and oxygen atoms in total. The average Bonchev–Trinajstić information content (AvgIpc) is 3.30. The summed E-state index contributed by atoms with van der Waals surface area (Å²) in [6.45, 7) is 4.63. The van der Waals surface area contributed by atoms with Crippen molar-refractivity contribution in [2.45, 2.75) is 51.2 Å². The molecule has 2 aliphatic heterocycles. The number of anilines is 1. The van der Waals surface area contributed by atoms with Gasteiger partial charge in [0.15, 0.2) is 0 Å². The summed E-state index contributed by atoms with van der Waals surface area (Å²) in [7, 11) is 0. The van der Waals surface area contributed by atoms with E-state index in [0.29, 0.717) is 6.04 Å². The van der Waals surface area contributed by atoms with Crippen LogP contribution in [0.2, 0.25) is 0 Å². The summed E-state index contributed by atoms with van der Waals surface area (Å²) in [6.07, 6.45) is 7.76. The zero-order valence-electron chi connectivity index (χ0n) is 14.7. The lowest BCUT2D eigenvalue weighted by molar-refractivity contribution is -0.124. The Morgan fingerprint density at radius 3 is 3.00 bits per heavy atom. The number of amides is 1. The number of benzene rings is 1. The van der Waals surface area contributed by atoms with E-state index in [-0.39, 0.29) is 11.9 Å². The zero-order chi connectivity index (χ0) is 17.2. The van der Waals surface area contributed by atoms with E-state index in [4.69, 9.17) is 0 Å². The molecule has 2 atom stereocenters. The van der Waals surface area contributed by atoms with Gasteiger partial charge < -0.3 is 4.90 Å². The Labute approximate surface area is 148 Å². The van der Waals surface area contributed by atoms with Crippen molar-refractivity contribution in [3.63, 3.8) is 0 Å². The number of aromatic nitrogens is 3. The maximum absolute atomic E-state index is 13.2. The molecule has 0 N–H and O–H groups in total. The maximum Gasteiger partial charge on any atom is 0.244 e. The second kappa shape index (κ2) is 6.96. The SMILES string of the molecule is CC(C(=O)N1CCc2ccccc21)N1CCCCC1Cn1cncn1. The second-order valence-electron chi connectivity index (χ2n) is 7.05. The molecule has 0 radical (unpaired) electrons. The monoisotopic (exact) mass is 339 g/mol. The molecule has 2 aliphatic rings. The molecule has 1 saturated heterocycles. The van der Waals surface area contributed by atoms with Crippen molar-refractivity contribution >= 4 is 11.6 Å². The number of rotatable bonds is 4. The third kappa shape index (κ3) is 3.18. The minimum atomic E-state index is -0.111. The summed E-state index contributed by atoms with van der Waals surface area (Å²) in [5, 5.41) is 4.24. The molecular formula is C19H25N5O. The van der Waals surface area contributed by atoms with Gasteiger partial charge in [-0.1, -0.05) is 24.6 Å². The molecule has 0 spiro atoms. The van der Waals surface area contributed by atoms with Crippen molar-refractivity contribution in [1.82, 2.24) is 19.7 Å². The molecule has 1 aromatic carbocycles. The van der Waals surface area contributed by atoms with Crippen LogP contribution in [0.25, 0.3) is 0 Å². The number of piperidine rings is 1. The van der Waals surface area contributed by atoms with Gasteiger partial charge in [-0.05, 0) is 44.4 Å². The fourth-order valence-electron chi connectivity index (χ4n) is 4.21. The first kappa shape index (κ1) is 16.3. The first-order valence-electron chi connectivity index (χ1n) is 9.21. The van der Waals surface area contributed by atoms with Crippen LogP contribution < -0.4 is 4.90 Å². The molecule has 4 rings (SSSR count). The van der Waals surface area contributed by atoms with Gasteiger partial charge >= 0.3 is 0 Å². The normalized spacial score (nSPS) is 22.0. The van der Waals surface area contributed by atoms with Gasteiger partial charge in [-0.15, -0.1) is 0 Å². The Morgan fingerprint density at radius 1 is 1.28 bits per heavy atom. The lowest BCUT2D eigenvalue weighted by Gasteiger charge is -2.40. The van der Waals surface area contributed by atoms with Gasteiger partial charge in [0.1, 0.15) is 12.7 Å². The van der Waals surface area contributed by atoms with Crippen LogP contribution in [-0.2, 0) is 17.8 Å². The standard InChI is InChI=1S/C19H25N5O/c1-15(19(25)24-11-9-16-6-2-3-8-18(16)24)23-10-5-4-7-17(23)12-22-14-20-13-21-22/h2-3,6,8,13-15,17H,4-5,7,9-12H2,1H3. The van der Waals surface area contributed by atoms with Crippen molar-refractivity contribution in [2.75, 3.05) is 18.0 Å². The molecule has 2 unspecified atom stereocenters. The Balaban J connectivity index is 1.50. The second-order valence-corrected chi connectivity index (χ2v) is 7.05. The summed E-state index contributed by atoms with van der Waals surface area (Å²) in [6, 6.07) is 8.49. The van der Waals surface area contributed by atoms with Crippen LogP contribution in [-0.4, -0.2) is 50.7 Å². The summed E-state index contributed by atoms with van der Waals surface area (Å²) in [5.74, 6) is 0.218. The maximum atomic E-state index is 13.2. The number of carbonyl (C=O) groups excluding carboxylic acids is 1. The molecule has 1 aromatic heterocycles. The highest BCUT2D eigenvalue weighted by Crippen LogP contribution is 2.29. The van der Waals surface area contributed by atoms with E-state index in [1.54, 1.807) is 12.7 Å². The number of hydrogen-bond donors (Lipinski definition) is 0. The van der Waals surface area contributed by atoms with Crippen molar-refractivity contribution in [1.29, 1.82) is 0 Å². The lowest BCUT2D eigenvalue weighted by Crippen LogP contribution is -2.53. The van der Waals surface area contributed by atoms with Crippen LogP contribution in [0.4, 0.5) is 5.69 Å². The summed E-state index contributed by atoms with van der Waals surface area (Å²) < 4.78 is 1.88. The highest BCUT2D eigenvalue weighted by atomic mass is 16.2. The van der Waals surface area contributed by atoms with E-state index in [1.165, 1.54) is 12.0 Å². The lowest BCUT2D eigenvalue weighted by atomic mass is 9.99. The van der Waals surface area contributed by atoms with Crippen molar-refractivity contribution in [3.8, 4) is 0 Å². The number of hydrogen-bond acceptors (Lipinski definition) is 4. The molecule has 2 aromatic rings. The Bertz CT molecular complexity index is 729. The van der Waals surface area contributed by atoms with Gasteiger partial charge in [-0.25, -0.2) is 4.98 Å². The van der Waals surface area contributed by atoms with E-state index in [0.717, 1.165) is 44.6 Å². The summed E-state index contributed by atoms with van der Waals surface area (Å²) in [5.41, 5.74) is 2.37. The third-order valence-corrected chi connectivity index (χ3v) is 5.55. The fourth-order valence-corrected chi connectivity index (χ4v) is 4.21. The van der Waals surface area contributed by atoms with Crippen LogP contribution in [0.1, 0.15) is 31.7 Å². The average molecular weight is 339 g/mol. The summed E-state index contributed by atoms with van der Waals surface area (Å²) >= 11 is 0. The van der Waals surface area contributed by atoms with Gasteiger partial charge in [-0.2, -0.15) is 5.10 Å². The Kier molecular flexibility index (Phi) is 4.53. The molecule has 25 heavy (non-hydrogen) atoms. The van der Waals surface area contributed by atoms with Crippen LogP contribution in [0.5, 0.6) is 0 Å². The van der Waals surface area contributed by atoms with E-state index < -0.39 is 0 Å². The van der Waals surface area contributed by atoms with E-state index in [9.17, 15) is 4.79 Å². The van der Waals surface area contributed by atoms with Crippen molar-refractivity contribution in [3.05, 3.63) is 42.5 Å². The third-order valence-electron chi connectivity index (χ3n) is 5.55. The topological polar surface area (TPSA) is 54.3 Å². The Hall–Kier alpha value is -2.21. The van der Waals surface area contributed by atoms with Crippen LogP contribution >= 0.6 is 0 Å². The molecule has 132 valence electrons. The predicted octanol–water partition coefficient (Wildman–Crippen LogP) is 2.11. The van der Waals surface area contributed by atoms with Crippen molar-refractivity contribution in [2.24, 2.45) is 0 Å². The van der Waals surface area contributed by atoms with E-state index in [1.807, 2.05) is 15.6 Å². The molecule has 1 fully saturated rings. The van der Waals surface area contributed by atoms with Crippen molar-refractivity contribution < 1.29 is 4.79 Å². The minimum Gasteiger partial charge on any atom is -0.310 e. The van der Waals surface area contributed by atoms with Crippen LogP contribution in [0, 0.1) is 0 Å². The highest BCUT2D eigenvalue weighted by Gasteiger charge is 2.35. The van der Waals surface area contributed by atoms with Crippen LogP contribution in [0.15, 0.2) is 36.9 Å². The molecule has 1 amide bonds. The molecule has 3 heterocycles. The van der Waals surface area contributed by atoms with Crippen LogP contribution in [0.3, 0.4) is 0 Å². The minimum absolute atomic E-state index is 0.111. The molecule has 0 bridgehead atoms. The van der Waals surface area contributed by atoms with Gasteiger partial charge in [0.2, 0.25) is 5.91 Å². The van der Waals surface area contributed by atoms with Gasteiger partial charge in [-0.3, -0.25) is 14.4 Å². The summed E-state index contributed by atoms with van der Waals surface area (Å²) in [4.78, 5) is 21.6. The van der Waals surface area contributed by atoms with E-state index >= 15 is 0 Å². The number of carbonyl (C=O) groups is 1. The van der Waals surface area contributed by atoms with Gasteiger partial charge in [0.05, 0.1) is 12.6 Å². The Morgan fingerprint density at radius 2 is 2.16 bits per heavy atom. The smallest absolute Gasteiger partial charge is 0.244 e. The number of para-hydroxylation sites is 1. The quantitative estimate of drug-likeness (QED) is 0.856. The van der Waals surface area contributed by atoms with Gasteiger partial charge in [0.25, 0.3) is 0 Å². The number of likely N-dealkylation sites (tertiary alicyclic amines) is 1. The molecule has 0 aliphatic carbocycles. The molecule has 6 heteroatoms. The predicted molar refractivity (Wildman–Crippen MR) is 96.3 cm³/mol.